The SMILES string of the molecule is COc1ccc(S(=O)(=O)N2C[C@@H](C(=O)NCCOc3ccccc3Cl)Oc3ccccc32)cc1. The minimum absolute atomic E-state index is 0.0808. The van der Waals surface area contributed by atoms with Gasteiger partial charge in [0.1, 0.15) is 23.9 Å². The van der Waals surface area contributed by atoms with Crippen molar-refractivity contribution in [1.29, 1.82) is 0 Å². The number of benzene rings is 3. The lowest BCUT2D eigenvalue weighted by Gasteiger charge is -2.34. The number of sulfonamides is 1. The van der Waals surface area contributed by atoms with E-state index in [1.165, 1.54) is 23.5 Å². The summed E-state index contributed by atoms with van der Waals surface area (Å²) in [5, 5.41) is 3.20. The summed E-state index contributed by atoms with van der Waals surface area (Å²) in [5.41, 5.74) is 0.365. The molecule has 178 valence electrons. The Hall–Kier alpha value is -3.43. The number of nitrogens with zero attached hydrogens (tertiary/aromatic N) is 1. The van der Waals surface area contributed by atoms with Crippen LogP contribution < -0.4 is 23.8 Å². The van der Waals surface area contributed by atoms with Gasteiger partial charge in [-0.25, -0.2) is 8.42 Å². The highest BCUT2D eigenvalue weighted by molar-refractivity contribution is 7.92. The summed E-state index contributed by atoms with van der Waals surface area (Å²) in [6.07, 6.45) is -1.04. The Kier molecular flexibility index (Phi) is 7.14. The minimum atomic E-state index is -3.95. The lowest BCUT2D eigenvalue weighted by Crippen LogP contribution is -2.51. The van der Waals surface area contributed by atoms with E-state index >= 15 is 0 Å². The summed E-state index contributed by atoms with van der Waals surface area (Å²) in [6.45, 7) is 0.200. The second-order valence-corrected chi connectivity index (χ2v) is 9.63. The fourth-order valence-corrected chi connectivity index (χ4v) is 5.12. The van der Waals surface area contributed by atoms with Crippen LogP contribution in [0.4, 0.5) is 5.69 Å². The quantitative estimate of drug-likeness (QED) is 0.474. The predicted molar refractivity (Wildman–Crippen MR) is 128 cm³/mol. The third-order valence-corrected chi connectivity index (χ3v) is 7.28. The van der Waals surface area contributed by atoms with Gasteiger partial charge in [-0.15, -0.1) is 0 Å². The second kappa shape index (κ2) is 10.2. The van der Waals surface area contributed by atoms with Crippen molar-refractivity contribution in [2.45, 2.75) is 11.0 Å². The monoisotopic (exact) mass is 502 g/mol. The highest BCUT2D eigenvalue weighted by Gasteiger charge is 2.37. The van der Waals surface area contributed by atoms with Gasteiger partial charge in [-0.3, -0.25) is 9.10 Å². The molecule has 0 aromatic heterocycles. The molecule has 3 aromatic rings. The van der Waals surface area contributed by atoms with E-state index in [9.17, 15) is 13.2 Å². The van der Waals surface area contributed by atoms with E-state index in [1.807, 2.05) is 0 Å². The van der Waals surface area contributed by atoms with E-state index in [0.29, 0.717) is 28.0 Å². The average Bonchev–Trinajstić information content (AvgIpc) is 2.86. The number of halogens is 1. The first-order valence-corrected chi connectivity index (χ1v) is 12.3. The van der Waals surface area contributed by atoms with Crippen molar-refractivity contribution >= 4 is 33.2 Å². The first kappa shape index (κ1) is 23.7. The molecule has 1 aliphatic rings. The zero-order chi connectivity index (χ0) is 24.1. The summed E-state index contributed by atoms with van der Waals surface area (Å²) in [4.78, 5) is 12.9. The van der Waals surface area contributed by atoms with Crippen LogP contribution in [0.1, 0.15) is 0 Å². The summed E-state index contributed by atoms with van der Waals surface area (Å²) in [5.74, 6) is 0.904. The van der Waals surface area contributed by atoms with Gasteiger partial charge in [0.15, 0.2) is 6.10 Å². The average molecular weight is 503 g/mol. The molecule has 0 saturated heterocycles. The van der Waals surface area contributed by atoms with Gasteiger partial charge in [0.25, 0.3) is 15.9 Å². The number of anilines is 1. The number of carbonyl (C=O) groups is 1. The smallest absolute Gasteiger partial charge is 0.264 e. The summed E-state index contributed by atoms with van der Waals surface area (Å²) in [7, 11) is -2.45. The Labute approximate surface area is 203 Å². The van der Waals surface area contributed by atoms with Crippen molar-refractivity contribution in [2.24, 2.45) is 0 Å². The minimum Gasteiger partial charge on any atom is -0.497 e. The maximum atomic E-state index is 13.4. The van der Waals surface area contributed by atoms with Gasteiger partial charge in [-0.1, -0.05) is 35.9 Å². The maximum absolute atomic E-state index is 13.4. The third kappa shape index (κ3) is 5.05. The van der Waals surface area contributed by atoms with Crippen molar-refractivity contribution in [1.82, 2.24) is 5.32 Å². The van der Waals surface area contributed by atoms with Crippen molar-refractivity contribution in [3.63, 3.8) is 0 Å². The van der Waals surface area contributed by atoms with Gasteiger partial charge < -0.3 is 19.5 Å². The number of para-hydroxylation sites is 3. The number of hydrogen-bond donors (Lipinski definition) is 1. The maximum Gasteiger partial charge on any atom is 0.264 e. The van der Waals surface area contributed by atoms with E-state index in [2.05, 4.69) is 5.32 Å². The summed E-state index contributed by atoms with van der Waals surface area (Å²) in [6, 6.07) is 19.8. The largest absolute Gasteiger partial charge is 0.497 e. The lowest BCUT2D eigenvalue weighted by molar-refractivity contribution is -0.127. The molecule has 8 nitrogen and oxygen atoms in total. The zero-order valence-electron chi connectivity index (χ0n) is 18.3. The predicted octanol–water partition coefficient (Wildman–Crippen LogP) is 3.50. The van der Waals surface area contributed by atoms with Crippen molar-refractivity contribution in [3.05, 3.63) is 77.8 Å². The second-order valence-electron chi connectivity index (χ2n) is 7.36. The molecule has 1 heterocycles. The Balaban J connectivity index is 1.47. The first-order chi connectivity index (χ1) is 16.4. The van der Waals surface area contributed by atoms with Crippen LogP contribution >= 0.6 is 11.6 Å². The van der Waals surface area contributed by atoms with Crippen molar-refractivity contribution < 1.29 is 27.4 Å². The molecule has 4 rings (SSSR count). The lowest BCUT2D eigenvalue weighted by atomic mass is 10.2. The number of nitrogens with one attached hydrogen (secondary N) is 1. The van der Waals surface area contributed by atoms with E-state index in [-0.39, 0.29) is 24.6 Å². The van der Waals surface area contributed by atoms with Gasteiger partial charge in [-0.2, -0.15) is 0 Å². The standard InChI is InChI=1S/C24H23ClN2O6S/c1-31-17-10-12-18(13-11-17)34(29,30)27-16-23(33-22-9-5-3-7-20(22)27)24(28)26-14-15-32-21-8-4-2-6-19(21)25/h2-13,23H,14-16H2,1H3,(H,26,28)/t23-/m0/s1. The van der Waals surface area contributed by atoms with Crippen LogP contribution in [0.2, 0.25) is 5.02 Å². The molecule has 3 aromatic carbocycles. The molecule has 0 unspecified atom stereocenters. The molecule has 0 aliphatic carbocycles. The van der Waals surface area contributed by atoms with Crippen LogP contribution in [0.5, 0.6) is 17.2 Å². The number of fused-ring (bicyclic) bond motifs is 1. The van der Waals surface area contributed by atoms with Gasteiger partial charge >= 0.3 is 0 Å². The van der Waals surface area contributed by atoms with E-state index < -0.39 is 22.0 Å². The number of rotatable bonds is 8. The van der Waals surface area contributed by atoms with Crippen molar-refractivity contribution in [2.75, 3.05) is 31.1 Å². The molecule has 0 radical (unpaired) electrons. The molecule has 1 atom stereocenters. The number of amides is 1. The molecular weight excluding hydrogens is 480 g/mol. The molecule has 1 N–H and O–H groups in total. The Morgan fingerprint density at radius 2 is 1.79 bits per heavy atom. The number of methoxy groups -OCH3 is 1. The molecule has 1 aliphatic heterocycles. The summed E-state index contributed by atoms with van der Waals surface area (Å²) >= 11 is 6.06. The van der Waals surface area contributed by atoms with Gasteiger partial charge in [0.05, 0.1) is 35.8 Å². The van der Waals surface area contributed by atoms with E-state index in [1.54, 1.807) is 60.7 Å². The molecule has 0 spiro atoms. The Morgan fingerprint density at radius 3 is 2.53 bits per heavy atom. The van der Waals surface area contributed by atoms with Gasteiger partial charge in [0, 0.05) is 0 Å². The van der Waals surface area contributed by atoms with Crippen molar-refractivity contribution in [3.8, 4) is 17.2 Å². The third-order valence-electron chi connectivity index (χ3n) is 5.17. The Bertz CT molecular complexity index is 1270. The number of hydrogen-bond acceptors (Lipinski definition) is 6. The van der Waals surface area contributed by atoms with Crippen LogP contribution in [0.3, 0.4) is 0 Å². The molecule has 0 bridgehead atoms. The first-order valence-electron chi connectivity index (χ1n) is 10.5. The zero-order valence-corrected chi connectivity index (χ0v) is 19.9. The molecular formula is C24H23ClN2O6S. The molecule has 10 heteroatoms. The molecule has 0 fully saturated rings. The van der Waals surface area contributed by atoms with Crippen LogP contribution in [0.15, 0.2) is 77.7 Å². The molecule has 34 heavy (non-hydrogen) atoms. The van der Waals surface area contributed by atoms with Gasteiger partial charge in [-0.05, 0) is 48.5 Å². The van der Waals surface area contributed by atoms with E-state index in [4.69, 9.17) is 25.8 Å². The molecule has 0 saturated carbocycles. The summed E-state index contributed by atoms with van der Waals surface area (Å²) < 4.78 is 44.6. The number of carbonyl (C=O) groups excluding carboxylic acids is 1. The van der Waals surface area contributed by atoms with Crippen LogP contribution in [-0.2, 0) is 14.8 Å². The highest BCUT2D eigenvalue weighted by atomic mass is 35.5. The van der Waals surface area contributed by atoms with Crippen LogP contribution in [0, 0.1) is 0 Å². The normalized spacial score (nSPS) is 15.1. The van der Waals surface area contributed by atoms with E-state index in [0.717, 1.165) is 0 Å². The fourth-order valence-electron chi connectivity index (χ4n) is 3.45. The molecule has 1 amide bonds. The fraction of sp³-hybridized carbons (Fsp3) is 0.208. The highest BCUT2D eigenvalue weighted by Crippen LogP contribution is 2.37. The van der Waals surface area contributed by atoms with Crippen LogP contribution in [0.25, 0.3) is 0 Å². The Morgan fingerprint density at radius 1 is 1.09 bits per heavy atom. The van der Waals surface area contributed by atoms with Crippen LogP contribution in [-0.4, -0.2) is 47.2 Å². The topological polar surface area (TPSA) is 94.2 Å². The number of ether oxygens (including phenoxy) is 3. The van der Waals surface area contributed by atoms with Gasteiger partial charge in [0.2, 0.25) is 0 Å².